The Kier molecular flexibility index (Phi) is 5.32. The molecule has 1 saturated heterocycles. The second-order valence-electron chi connectivity index (χ2n) is 7.14. The van der Waals surface area contributed by atoms with Gasteiger partial charge < -0.3 is 14.4 Å². The molecule has 0 bridgehead atoms. The van der Waals surface area contributed by atoms with Crippen LogP contribution in [0.4, 0.5) is 5.69 Å². The van der Waals surface area contributed by atoms with Crippen LogP contribution in [0.2, 0.25) is 0 Å². The van der Waals surface area contributed by atoms with Gasteiger partial charge in [-0.25, -0.2) is 13.4 Å². The van der Waals surface area contributed by atoms with Gasteiger partial charge in [0.2, 0.25) is 15.4 Å². The summed E-state index contributed by atoms with van der Waals surface area (Å²) in [7, 11) is -0.551. The summed E-state index contributed by atoms with van der Waals surface area (Å²) in [6.45, 7) is 1.67. The summed E-state index contributed by atoms with van der Waals surface area (Å²) in [5, 5.41) is 0.848. The van der Waals surface area contributed by atoms with Gasteiger partial charge in [-0.15, -0.1) is 0 Å². The van der Waals surface area contributed by atoms with Gasteiger partial charge in [-0.1, -0.05) is 0 Å². The minimum Gasteiger partial charge on any atom is -0.497 e. The van der Waals surface area contributed by atoms with E-state index in [0.717, 1.165) is 48.9 Å². The topological polar surface area (TPSA) is 70.0 Å². The van der Waals surface area contributed by atoms with Gasteiger partial charge in [0.15, 0.2) is 11.1 Å². The molecule has 29 heavy (non-hydrogen) atoms. The van der Waals surface area contributed by atoms with E-state index in [2.05, 4.69) is 9.88 Å². The van der Waals surface area contributed by atoms with Crippen molar-refractivity contribution < 1.29 is 22.9 Å². The van der Waals surface area contributed by atoms with Gasteiger partial charge in [0.05, 0.1) is 30.2 Å². The average Bonchev–Trinajstić information content (AvgIpc) is 2.78. The van der Waals surface area contributed by atoms with Crippen LogP contribution in [0.25, 0.3) is 10.9 Å². The fourth-order valence-electron chi connectivity index (χ4n) is 3.85. The van der Waals surface area contributed by atoms with Crippen molar-refractivity contribution in [2.24, 2.45) is 0 Å². The van der Waals surface area contributed by atoms with Crippen LogP contribution in [-0.4, -0.2) is 35.7 Å². The number of benzene rings is 2. The van der Waals surface area contributed by atoms with E-state index in [1.165, 1.54) is 0 Å². The minimum absolute atomic E-state index is 0.243. The predicted molar refractivity (Wildman–Crippen MR) is 112 cm³/mol. The molecule has 0 saturated carbocycles. The van der Waals surface area contributed by atoms with E-state index in [4.69, 9.17) is 9.47 Å². The summed E-state index contributed by atoms with van der Waals surface area (Å²) >= 11 is 0. The van der Waals surface area contributed by atoms with Crippen LogP contribution in [0.3, 0.4) is 0 Å². The molecule has 1 N–H and O–H groups in total. The summed E-state index contributed by atoms with van der Waals surface area (Å²) in [5.74, 6) is 1.32. The Labute approximate surface area is 171 Å². The molecular weight excluding hydrogens is 388 g/mol. The van der Waals surface area contributed by atoms with E-state index in [-0.39, 0.29) is 9.79 Å². The summed E-state index contributed by atoms with van der Waals surface area (Å²) in [4.78, 5) is 5.88. The molecule has 6 nitrogen and oxygen atoms in total. The number of sulfone groups is 1. The van der Waals surface area contributed by atoms with E-state index in [0.29, 0.717) is 11.5 Å². The lowest BCUT2D eigenvalue weighted by Crippen LogP contribution is -2.31. The third-order valence-corrected chi connectivity index (χ3v) is 7.19. The van der Waals surface area contributed by atoms with Crippen LogP contribution in [-0.2, 0) is 9.84 Å². The minimum atomic E-state index is -3.72. The summed E-state index contributed by atoms with van der Waals surface area (Å²) < 4.78 is 37.7. The molecule has 2 aromatic carbocycles. The maximum absolute atomic E-state index is 13.6. The molecule has 0 atom stereocenters. The first-order chi connectivity index (χ1) is 14.0. The summed E-state index contributed by atoms with van der Waals surface area (Å²) in [5.41, 5.74) is 1.62. The quantitative estimate of drug-likeness (QED) is 0.640. The van der Waals surface area contributed by atoms with Gasteiger partial charge in [0.1, 0.15) is 11.5 Å². The van der Waals surface area contributed by atoms with Gasteiger partial charge in [0.25, 0.3) is 0 Å². The molecule has 1 fully saturated rings. The van der Waals surface area contributed by atoms with Crippen molar-refractivity contribution >= 4 is 26.4 Å². The summed E-state index contributed by atoms with van der Waals surface area (Å²) in [6.07, 6.45) is 4.87. The maximum atomic E-state index is 13.6. The van der Waals surface area contributed by atoms with E-state index >= 15 is 0 Å². The number of H-pyrrole nitrogens is 1. The lowest BCUT2D eigenvalue weighted by atomic mass is 10.1. The van der Waals surface area contributed by atoms with Crippen LogP contribution in [0.15, 0.2) is 58.5 Å². The standard InChI is InChI=1S/C22H24N2O4S/c1-27-16-6-9-18(10-7-16)29(25,26)21-15-23-20-11-8-17(28-2)14-19(20)22(21)24-12-4-3-5-13-24/h6-11,14-15H,3-5,12-13H2,1-2H3/p+1. The molecule has 0 radical (unpaired) electrons. The van der Waals surface area contributed by atoms with Gasteiger partial charge in [-0.3, -0.25) is 0 Å². The molecule has 7 heteroatoms. The average molecular weight is 414 g/mol. The number of fused-ring (bicyclic) bond motifs is 1. The molecule has 0 unspecified atom stereocenters. The van der Waals surface area contributed by atoms with E-state index in [1.54, 1.807) is 44.7 Å². The van der Waals surface area contributed by atoms with E-state index in [1.807, 2.05) is 18.2 Å². The van der Waals surface area contributed by atoms with Gasteiger partial charge in [0, 0.05) is 19.2 Å². The smallest absolute Gasteiger partial charge is 0.214 e. The van der Waals surface area contributed by atoms with Crippen LogP contribution in [0.1, 0.15) is 19.3 Å². The monoisotopic (exact) mass is 413 g/mol. The largest absolute Gasteiger partial charge is 0.497 e. The number of aromatic amines is 1. The number of pyridine rings is 1. The second kappa shape index (κ2) is 7.91. The fourth-order valence-corrected chi connectivity index (χ4v) is 5.30. The Balaban J connectivity index is 1.94. The third kappa shape index (κ3) is 3.62. The molecule has 0 amide bonds. The van der Waals surface area contributed by atoms with Crippen molar-refractivity contribution in [1.82, 2.24) is 0 Å². The van der Waals surface area contributed by atoms with Crippen molar-refractivity contribution in [3.05, 3.63) is 48.7 Å². The third-order valence-electron chi connectivity index (χ3n) is 5.41. The SMILES string of the molecule is COc1ccc(S(=O)(=O)c2c[nH+]c3ccc(OC)cc3c2N2CCCCC2)cc1. The molecule has 152 valence electrons. The van der Waals surface area contributed by atoms with Crippen LogP contribution >= 0.6 is 0 Å². The highest BCUT2D eigenvalue weighted by Crippen LogP contribution is 2.37. The zero-order valence-corrected chi connectivity index (χ0v) is 17.5. The zero-order valence-electron chi connectivity index (χ0n) is 16.6. The van der Waals surface area contributed by atoms with Gasteiger partial charge in [-0.05, 0) is 55.7 Å². The first kappa shape index (κ1) is 19.5. The van der Waals surface area contributed by atoms with Gasteiger partial charge in [-0.2, -0.15) is 0 Å². The second-order valence-corrected chi connectivity index (χ2v) is 9.06. The lowest BCUT2D eigenvalue weighted by molar-refractivity contribution is -0.347. The molecule has 1 aliphatic heterocycles. The number of nitrogens with one attached hydrogen (secondary N) is 1. The van der Waals surface area contributed by atoms with E-state index in [9.17, 15) is 8.42 Å². The number of nitrogens with zero attached hydrogens (tertiary/aromatic N) is 1. The zero-order chi connectivity index (χ0) is 20.4. The highest BCUT2D eigenvalue weighted by Gasteiger charge is 2.30. The van der Waals surface area contributed by atoms with Crippen molar-refractivity contribution in [2.45, 2.75) is 29.1 Å². The fraction of sp³-hybridized carbons (Fsp3) is 0.318. The van der Waals surface area contributed by atoms with Crippen LogP contribution < -0.4 is 19.4 Å². The Bertz CT molecular complexity index is 1120. The molecule has 0 aliphatic carbocycles. The van der Waals surface area contributed by atoms with Crippen molar-refractivity contribution in [3.63, 3.8) is 0 Å². The van der Waals surface area contributed by atoms with Gasteiger partial charge >= 0.3 is 0 Å². The van der Waals surface area contributed by atoms with Crippen LogP contribution in [0, 0.1) is 0 Å². The number of hydrogen-bond acceptors (Lipinski definition) is 5. The number of methoxy groups -OCH3 is 2. The highest BCUT2D eigenvalue weighted by atomic mass is 32.2. The Morgan fingerprint density at radius 1 is 0.897 bits per heavy atom. The number of rotatable bonds is 5. The molecule has 4 rings (SSSR count). The number of ether oxygens (including phenoxy) is 2. The first-order valence-electron chi connectivity index (χ1n) is 9.71. The Morgan fingerprint density at radius 3 is 2.21 bits per heavy atom. The molecule has 3 aromatic rings. The Hall–Kier alpha value is -2.80. The molecular formula is C22H25N2O4S+. The number of hydrogen-bond donors (Lipinski definition) is 0. The maximum Gasteiger partial charge on any atom is 0.214 e. The first-order valence-corrected chi connectivity index (χ1v) is 11.2. The van der Waals surface area contributed by atoms with Crippen LogP contribution in [0.5, 0.6) is 11.5 Å². The highest BCUT2D eigenvalue weighted by molar-refractivity contribution is 7.91. The lowest BCUT2D eigenvalue weighted by Gasteiger charge is -2.30. The predicted octanol–water partition coefficient (Wildman–Crippen LogP) is 3.49. The number of anilines is 1. The number of aromatic nitrogens is 1. The van der Waals surface area contributed by atoms with Crippen molar-refractivity contribution in [2.75, 3.05) is 32.2 Å². The molecule has 0 spiro atoms. The van der Waals surface area contributed by atoms with E-state index < -0.39 is 9.84 Å². The molecule has 1 aliphatic rings. The molecule has 1 aromatic heterocycles. The molecule has 2 heterocycles. The van der Waals surface area contributed by atoms with Crippen molar-refractivity contribution in [3.8, 4) is 11.5 Å². The number of piperidine rings is 1. The normalized spacial score (nSPS) is 14.8. The van der Waals surface area contributed by atoms with Crippen molar-refractivity contribution in [1.29, 1.82) is 0 Å². The Morgan fingerprint density at radius 2 is 1.55 bits per heavy atom. The summed E-state index contributed by atoms with van der Waals surface area (Å²) in [6, 6.07) is 12.2.